The molecule has 0 saturated heterocycles. The lowest BCUT2D eigenvalue weighted by Crippen LogP contribution is -2.14. The first-order valence-corrected chi connectivity index (χ1v) is 9.94. The highest BCUT2D eigenvalue weighted by atomic mass is 79.9. The molecule has 1 heterocycles. The molecule has 0 bridgehead atoms. The van der Waals surface area contributed by atoms with Gasteiger partial charge in [0.15, 0.2) is 4.34 Å². The van der Waals surface area contributed by atoms with E-state index in [1.165, 1.54) is 23.1 Å². The molecule has 3 rings (SSSR count). The van der Waals surface area contributed by atoms with E-state index in [0.29, 0.717) is 25.3 Å². The largest absolute Gasteiger partial charge is 0.300 e. The SMILES string of the molecule is O=C(Cc1ccccc1)Nc1nnc(SCc2cccc(Br)c2F)s1. The molecule has 0 atom stereocenters. The maximum Gasteiger partial charge on any atom is 0.230 e. The second-order valence-corrected chi connectivity index (χ2v) is 8.14. The lowest BCUT2D eigenvalue weighted by Gasteiger charge is -2.02. The van der Waals surface area contributed by atoms with E-state index in [2.05, 4.69) is 31.4 Å². The molecule has 3 aromatic rings. The van der Waals surface area contributed by atoms with Gasteiger partial charge >= 0.3 is 0 Å². The van der Waals surface area contributed by atoms with Gasteiger partial charge in [0.25, 0.3) is 0 Å². The van der Waals surface area contributed by atoms with Crippen molar-refractivity contribution < 1.29 is 9.18 Å². The number of carbonyl (C=O) groups excluding carboxylic acids is 1. The standard InChI is InChI=1S/C17H13BrFN3OS2/c18-13-8-4-7-12(15(13)19)10-24-17-22-21-16(25-17)20-14(23)9-11-5-2-1-3-6-11/h1-8H,9-10H2,(H,20,21,23). The molecule has 0 aliphatic heterocycles. The fraction of sp³-hybridized carbons (Fsp3) is 0.118. The smallest absolute Gasteiger partial charge is 0.230 e. The van der Waals surface area contributed by atoms with Gasteiger partial charge in [-0.1, -0.05) is 65.6 Å². The Labute approximate surface area is 161 Å². The average molecular weight is 438 g/mol. The lowest BCUT2D eigenvalue weighted by atomic mass is 10.1. The van der Waals surface area contributed by atoms with Crippen molar-refractivity contribution in [2.75, 3.05) is 5.32 Å². The summed E-state index contributed by atoms with van der Waals surface area (Å²) in [5, 5.41) is 11.2. The highest BCUT2D eigenvalue weighted by Crippen LogP contribution is 2.30. The highest BCUT2D eigenvalue weighted by Gasteiger charge is 2.11. The number of halogens is 2. The maximum absolute atomic E-state index is 13.9. The van der Waals surface area contributed by atoms with Crippen LogP contribution in [0.3, 0.4) is 0 Å². The Morgan fingerprint density at radius 1 is 1.16 bits per heavy atom. The minimum Gasteiger partial charge on any atom is -0.300 e. The molecule has 1 amide bonds. The molecule has 25 heavy (non-hydrogen) atoms. The van der Waals surface area contributed by atoms with Gasteiger partial charge < -0.3 is 5.32 Å². The summed E-state index contributed by atoms with van der Waals surface area (Å²) in [5.41, 5.74) is 1.52. The summed E-state index contributed by atoms with van der Waals surface area (Å²) in [6.45, 7) is 0. The van der Waals surface area contributed by atoms with Gasteiger partial charge in [0, 0.05) is 5.75 Å². The van der Waals surface area contributed by atoms with Crippen molar-refractivity contribution in [2.24, 2.45) is 0 Å². The monoisotopic (exact) mass is 437 g/mol. The van der Waals surface area contributed by atoms with E-state index < -0.39 is 0 Å². The maximum atomic E-state index is 13.9. The summed E-state index contributed by atoms with van der Waals surface area (Å²) in [4.78, 5) is 12.0. The first-order chi connectivity index (χ1) is 12.1. The number of hydrogen-bond donors (Lipinski definition) is 1. The van der Waals surface area contributed by atoms with Crippen LogP contribution < -0.4 is 5.32 Å². The molecule has 0 unspecified atom stereocenters. The molecule has 0 aliphatic carbocycles. The predicted molar refractivity (Wildman–Crippen MR) is 102 cm³/mol. The van der Waals surface area contributed by atoms with Crippen LogP contribution in [0.25, 0.3) is 0 Å². The van der Waals surface area contributed by atoms with Crippen molar-refractivity contribution >= 4 is 50.1 Å². The number of rotatable bonds is 6. The van der Waals surface area contributed by atoms with Crippen LogP contribution in [0, 0.1) is 5.82 Å². The minimum absolute atomic E-state index is 0.142. The van der Waals surface area contributed by atoms with Gasteiger partial charge in [0.1, 0.15) is 5.82 Å². The van der Waals surface area contributed by atoms with Crippen LogP contribution in [0.5, 0.6) is 0 Å². The molecule has 0 aliphatic rings. The zero-order chi connectivity index (χ0) is 17.6. The number of thioether (sulfide) groups is 1. The zero-order valence-corrected chi connectivity index (χ0v) is 16.1. The van der Waals surface area contributed by atoms with Crippen LogP contribution in [0.15, 0.2) is 57.3 Å². The van der Waals surface area contributed by atoms with Gasteiger partial charge in [-0.05, 0) is 33.1 Å². The molecule has 0 radical (unpaired) electrons. The molecule has 1 N–H and O–H groups in total. The molecule has 1 aromatic heterocycles. The fourth-order valence-electron chi connectivity index (χ4n) is 2.06. The van der Waals surface area contributed by atoms with Gasteiger partial charge in [-0.25, -0.2) is 4.39 Å². The van der Waals surface area contributed by atoms with E-state index in [-0.39, 0.29) is 18.1 Å². The third kappa shape index (κ3) is 5.10. The van der Waals surface area contributed by atoms with E-state index in [4.69, 9.17) is 0 Å². The number of aromatic nitrogens is 2. The Kier molecular flexibility index (Phi) is 6.17. The molecule has 0 saturated carbocycles. The van der Waals surface area contributed by atoms with Gasteiger partial charge in [-0.15, -0.1) is 10.2 Å². The molecular weight excluding hydrogens is 425 g/mol. The fourth-order valence-corrected chi connectivity index (χ4v) is 4.21. The number of nitrogens with zero attached hydrogens (tertiary/aromatic N) is 2. The molecule has 8 heteroatoms. The van der Waals surface area contributed by atoms with Crippen LogP contribution in [-0.2, 0) is 17.0 Å². The number of hydrogen-bond acceptors (Lipinski definition) is 5. The quantitative estimate of drug-likeness (QED) is 0.439. The summed E-state index contributed by atoms with van der Waals surface area (Å²) in [6.07, 6.45) is 0.284. The third-order valence-electron chi connectivity index (χ3n) is 3.24. The van der Waals surface area contributed by atoms with Crippen LogP contribution in [0.1, 0.15) is 11.1 Å². The normalized spacial score (nSPS) is 10.6. The van der Waals surface area contributed by atoms with E-state index in [1.54, 1.807) is 18.2 Å². The average Bonchev–Trinajstić information content (AvgIpc) is 3.04. The number of benzene rings is 2. The summed E-state index contributed by atoms with van der Waals surface area (Å²) < 4.78 is 15.1. The van der Waals surface area contributed by atoms with Crippen molar-refractivity contribution in [2.45, 2.75) is 16.5 Å². The molecule has 0 spiro atoms. The molecule has 2 aromatic carbocycles. The van der Waals surface area contributed by atoms with Crippen LogP contribution in [-0.4, -0.2) is 16.1 Å². The highest BCUT2D eigenvalue weighted by molar-refractivity contribution is 9.10. The van der Waals surface area contributed by atoms with Gasteiger partial charge in [-0.2, -0.15) is 0 Å². The second kappa shape index (κ2) is 8.55. The molecular formula is C17H13BrFN3OS2. The zero-order valence-electron chi connectivity index (χ0n) is 12.9. The number of anilines is 1. The predicted octanol–water partition coefficient (Wildman–Crippen LogP) is 4.91. The Morgan fingerprint density at radius 2 is 1.96 bits per heavy atom. The number of amides is 1. The third-order valence-corrected chi connectivity index (χ3v) is 5.88. The van der Waals surface area contributed by atoms with E-state index in [1.807, 2.05) is 30.3 Å². The Morgan fingerprint density at radius 3 is 2.76 bits per heavy atom. The molecule has 0 fully saturated rings. The van der Waals surface area contributed by atoms with Gasteiger partial charge in [0.2, 0.25) is 11.0 Å². The minimum atomic E-state index is -0.268. The Bertz CT molecular complexity index is 873. The first kappa shape index (κ1) is 18.0. The Hall–Kier alpha value is -1.77. The second-order valence-electron chi connectivity index (χ2n) is 5.09. The van der Waals surface area contributed by atoms with Crippen LogP contribution in [0.4, 0.5) is 9.52 Å². The first-order valence-electron chi connectivity index (χ1n) is 7.35. The van der Waals surface area contributed by atoms with Crippen molar-refractivity contribution in [3.8, 4) is 0 Å². The van der Waals surface area contributed by atoms with E-state index in [9.17, 15) is 9.18 Å². The molecule has 128 valence electrons. The topological polar surface area (TPSA) is 54.9 Å². The summed E-state index contributed by atoms with van der Waals surface area (Å²) in [5.74, 6) is 0.0329. The van der Waals surface area contributed by atoms with E-state index in [0.717, 1.165) is 5.56 Å². The van der Waals surface area contributed by atoms with Gasteiger partial charge in [0.05, 0.1) is 10.9 Å². The van der Waals surface area contributed by atoms with E-state index >= 15 is 0 Å². The number of nitrogens with one attached hydrogen (secondary N) is 1. The summed E-state index contributed by atoms with van der Waals surface area (Å²) in [7, 11) is 0. The van der Waals surface area contributed by atoms with Crippen LogP contribution >= 0.6 is 39.0 Å². The number of carbonyl (C=O) groups is 1. The van der Waals surface area contributed by atoms with Crippen molar-refractivity contribution in [1.29, 1.82) is 0 Å². The lowest BCUT2D eigenvalue weighted by molar-refractivity contribution is -0.115. The van der Waals surface area contributed by atoms with Crippen molar-refractivity contribution in [1.82, 2.24) is 10.2 Å². The summed E-state index contributed by atoms with van der Waals surface area (Å²) >= 11 is 5.83. The van der Waals surface area contributed by atoms with Gasteiger partial charge in [-0.3, -0.25) is 4.79 Å². The summed E-state index contributed by atoms with van der Waals surface area (Å²) in [6, 6.07) is 14.7. The van der Waals surface area contributed by atoms with Crippen molar-refractivity contribution in [3.63, 3.8) is 0 Å². The van der Waals surface area contributed by atoms with Crippen LogP contribution in [0.2, 0.25) is 0 Å². The van der Waals surface area contributed by atoms with Crippen molar-refractivity contribution in [3.05, 3.63) is 69.9 Å². The molecule has 4 nitrogen and oxygen atoms in total. The Balaban J connectivity index is 1.55.